The van der Waals surface area contributed by atoms with Crippen molar-refractivity contribution in [1.82, 2.24) is 0 Å². The van der Waals surface area contributed by atoms with Gasteiger partial charge in [0.15, 0.2) is 0 Å². The summed E-state index contributed by atoms with van der Waals surface area (Å²) in [6, 6.07) is 5.46. The van der Waals surface area contributed by atoms with E-state index in [0.717, 1.165) is 5.56 Å². The quantitative estimate of drug-likeness (QED) is 0.624. The van der Waals surface area contributed by atoms with Crippen LogP contribution in [0.1, 0.15) is 16.7 Å². The van der Waals surface area contributed by atoms with E-state index >= 15 is 0 Å². The van der Waals surface area contributed by atoms with E-state index < -0.39 is 0 Å². The molecular formula is C10H10FN. The molecule has 2 heteroatoms. The first-order valence-electron chi connectivity index (χ1n) is 3.77. The van der Waals surface area contributed by atoms with Crippen LogP contribution < -0.4 is 0 Å². The average Bonchev–Trinajstić information content (AvgIpc) is 2.01. The third-order valence-electron chi connectivity index (χ3n) is 1.78. The lowest BCUT2D eigenvalue weighted by molar-refractivity contribution is 0.608. The number of rotatable bonds is 1. The zero-order valence-corrected chi connectivity index (χ0v) is 7.19. The van der Waals surface area contributed by atoms with Crippen molar-refractivity contribution in [3.63, 3.8) is 0 Å². The predicted molar refractivity (Wildman–Crippen MR) is 45.2 cm³/mol. The van der Waals surface area contributed by atoms with E-state index in [2.05, 4.69) is 0 Å². The van der Waals surface area contributed by atoms with Gasteiger partial charge in [0.05, 0.1) is 12.5 Å². The molecule has 0 saturated carbocycles. The van der Waals surface area contributed by atoms with Crippen molar-refractivity contribution in [2.24, 2.45) is 0 Å². The van der Waals surface area contributed by atoms with E-state index in [1.54, 1.807) is 26.0 Å². The van der Waals surface area contributed by atoms with Crippen LogP contribution in [0.4, 0.5) is 4.39 Å². The molecule has 1 aromatic carbocycles. The molecular weight excluding hydrogens is 153 g/mol. The van der Waals surface area contributed by atoms with E-state index in [4.69, 9.17) is 5.26 Å². The number of aryl methyl sites for hydroxylation is 2. The van der Waals surface area contributed by atoms with Crippen LogP contribution in [0.15, 0.2) is 12.1 Å². The highest BCUT2D eigenvalue weighted by Gasteiger charge is 2.03. The summed E-state index contributed by atoms with van der Waals surface area (Å²) in [5, 5.41) is 8.43. The molecule has 0 fully saturated rings. The molecule has 0 saturated heterocycles. The lowest BCUT2D eigenvalue weighted by Crippen LogP contribution is -1.91. The summed E-state index contributed by atoms with van der Waals surface area (Å²) in [7, 11) is 0. The highest BCUT2D eigenvalue weighted by Crippen LogP contribution is 2.14. The standard InChI is InChI=1S/C10H10FN/c1-7-5-9(3-4-12)6-8(2)10(7)11/h5-6H,3H2,1-2H3. The van der Waals surface area contributed by atoms with Gasteiger partial charge in [-0.25, -0.2) is 4.39 Å². The second kappa shape index (κ2) is 3.36. The van der Waals surface area contributed by atoms with Gasteiger partial charge in [0.1, 0.15) is 5.82 Å². The molecule has 1 aromatic rings. The molecule has 0 atom stereocenters. The summed E-state index contributed by atoms with van der Waals surface area (Å²) in [5.74, 6) is -0.170. The number of benzene rings is 1. The Balaban J connectivity index is 3.14. The first-order chi connectivity index (χ1) is 5.65. The highest BCUT2D eigenvalue weighted by atomic mass is 19.1. The Morgan fingerprint density at radius 3 is 2.25 bits per heavy atom. The summed E-state index contributed by atoms with van der Waals surface area (Å²) in [5.41, 5.74) is 2.11. The normalized spacial score (nSPS) is 9.50. The molecule has 0 spiro atoms. The maximum Gasteiger partial charge on any atom is 0.129 e. The maximum absolute atomic E-state index is 13.1. The molecule has 1 rings (SSSR count). The number of hydrogen-bond donors (Lipinski definition) is 0. The Morgan fingerprint density at radius 2 is 1.83 bits per heavy atom. The SMILES string of the molecule is Cc1cc(CC#N)cc(C)c1F. The Hall–Kier alpha value is -1.36. The summed E-state index contributed by atoms with van der Waals surface area (Å²) in [6.45, 7) is 3.42. The fourth-order valence-electron chi connectivity index (χ4n) is 1.23. The minimum atomic E-state index is -0.170. The van der Waals surface area contributed by atoms with Gasteiger partial charge in [-0.2, -0.15) is 5.26 Å². The van der Waals surface area contributed by atoms with Gasteiger partial charge in [-0.3, -0.25) is 0 Å². The van der Waals surface area contributed by atoms with Crippen LogP contribution in [-0.4, -0.2) is 0 Å². The largest absolute Gasteiger partial charge is 0.206 e. The molecule has 0 unspecified atom stereocenters. The van der Waals surface area contributed by atoms with Crippen molar-refractivity contribution < 1.29 is 4.39 Å². The predicted octanol–water partition coefficient (Wildman–Crippen LogP) is 2.51. The van der Waals surface area contributed by atoms with E-state index in [1.807, 2.05) is 6.07 Å². The third kappa shape index (κ3) is 1.62. The topological polar surface area (TPSA) is 23.8 Å². The Morgan fingerprint density at radius 1 is 1.33 bits per heavy atom. The van der Waals surface area contributed by atoms with Crippen molar-refractivity contribution in [3.8, 4) is 6.07 Å². The second-order valence-electron chi connectivity index (χ2n) is 2.88. The maximum atomic E-state index is 13.1. The van der Waals surface area contributed by atoms with Crippen LogP contribution in [0, 0.1) is 31.0 Å². The Labute approximate surface area is 71.4 Å². The van der Waals surface area contributed by atoms with Crippen molar-refractivity contribution in [3.05, 3.63) is 34.6 Å². The van der Waals surface area contributed by atoms with Crippen LogP contribution in [0.3, 0.4) is 0 Å². The number of hydrogen-bond acceptors (Lipinski definition) is 1. The van der Waals surface area contributed by atoms with E-state index in [9.17, 15) is 4.39 Å². The molecule has 0 radical (unpaired) electrons. The smallest absolute Gasteiger partial charge is 0.129 e. The molecule has 1 nitrogen and oxygen atoms in total. The van der Waals surface area contributed by atoms with E-state index in [1.165, 1.54) is 0 Å². The monoisotopic (exact) mass is 163 g/mol. The van der Waals surface area contributed by atoms with Crippen LogP contribution in [0.5, 0.6) is 0 Å². The minimum Gasteiger partial charge on any atom is -0.206 e. The van der Waals surface area contributed by atoms with Crippen LogP contribution in [0.2, 0.25) is 0 Å². The lowest BCUT2D eigenvalue weighted by atomic mass is 10.0. The molecule has 62 valence electrons. The molecule has 0 aromatic heterocycles. The molecule has 0 aliphatic rings. The van der Waals surface area contributed by atoms with Crippen molar-refractivity contribution in [2.75, 3.05) is 0 Å². The van der Waals surface area contributed by atoms with Crippen LogP contribution in [0.25, 0.3) is 0 Å². The molecule has 12 heavy (non-hydrogen) atoms. The minimum absolute atomic E-state index is 0.170. The van der Waals surface area contributed by atoms with Crippen molar-refractivity contribution >= 4 is 0 Å². The van der Waals surface area contributed by atoms with Crippen LogP contribution in [-0.2, 0) is 6.42 Å². The molecule has 0 aliphatic carbocycles. The summed E-state index contributed by atoms with van der Waals surface area (Å²) >= 11 is 0. The number of halogens is 1. The molecule has 0 aliphatic heterocycles. The van der Waals surface area contributed by atoms with Crippen LogP contribution >= 0.6 is 0 Å². The van der Waals surface area contributed by atoms with E-state index in [0.29, 0.717) is 17.5 Å². The zero-order chi connectivity index (χ0) is 9.14. The summed E-state index contributed by atoms with van der Waals surface area (Å²) < 4.78 is 13.1. The van der Waals surface area contributed by atoms with Gasteiger partial charge in [-0.15, -0.1) is 0 Å². The van der Waals surface area contributed by atoms with Gasteiger partial charge in [0, 0.05) is 0 Å². The zero-order valence-electron chi connectivity index (χ0n) is 7.19. The Bertz CT molecular complexity index is 313. The highest BCUT2D eigenvalue weighted by molar-refractivity contribution is 5.31. The van der Waals surface area contributed by atoms with Gasteiger partial charge in [-0.1, -0.05) is 12.1 Å². The fourth-order valence-corrected chi connectivity index (χ4v) is 1.23. The fraction of sp³-hybridized carbons (Fsp3) is 0.300. The van der Waals surface area contributed by atoms with E-state index in [-0.39, 0.29) is 5.82 Å². The average molecular weight is 163 g/mol. The number of nitriles is 1. The van der Waals surface area contributed by atoms with Gasteiger partial charge < -0.3 is 0 Å². The molecule has 0 bridgehead atoms. The first-order valence-corrected chi connectivity index (χ1v) is 3.77. The van der Waals surface area contributed by atoms with Gasteiger partial charge >= 0.3 is 0 Å². The lowest BCUT2D eigenvalue weighted by Gasteiger charge is -2.02. The van der Waals surface area contributed by atoms with Crippen molar-refractivity contribution in [2.45, 2.75) is 20.3 Å². The van der Waals surface area contributed by atoms with Gasteiger partial charge in [-0.05, 0) is 30.5 Å². The molecule has 0 heterocycles. The first kappa shape index (κ1) is 8.73. The van der Waals surface area contributed by atoms with Gasteiger partial charge in [0.25, 0.3) is 0 Å². The Kier molecular flexibility index (Phi) is 2.44. The number of nitrogens with zero attached hydrogens (tertiary/aromatic N) is 1. The molecule has 0 N–H and O–H groups in total. The molecule has 0 amide bonds. The summed E-state index contributed by atoms with van der Waals surface area (Å²) in [4.78, 5) is 0. The van der Waals surface area contributed by atoms with Crippen molar-refractivity contribution in [1.29, 1.82) is 5.26 Å². The second-order valence-corrected chi connectivity index (χ2v) is 2.88. The van der Waals surface area contributed by atoms with Gasteiger partial charge in [0.2, 0.25) is 0 Å². The third-order valence-corrected chi connectivity index (χ3v) is 1.78. The summed E-state index contributed by atoms with van der Waals surface area (Å²) in [6.07, 6.45) is 0.349.